The van der Waals surface area contributed by atoms with Crippen LogP contribution in [0, 0.1) is 6.92 Å². The van der Waals surface area contributed by atoms with E-state index >= 15 is 0 Å². The maximum Gasteiger partial charge on any atom is 0.355 e. The summed E-state index contributed by atoms with van der Waals surface area (Å²) in [7, 11) is 0. The number of phenols is 1. The molecule has 0 atom stereocenters. The molecule has 0 aliphatic heterocycles. The van der Waals surface area contributed by atoms with Crippen molar-refractivity contribution < 1.29 is 9.52 Å². The van der Waals surface area contributed by atoms with E-state index in [2.05, 4.69) is 0 Å². The first kappa shape index (κ1) is 9.09. The van der Waals surface area contributed by atoms with Gasteiger partial charge in [-0.05, 0) is 24.6 Å². The molecule has 0 saturated carbocycles. The summed E-state index contributed by atoms with van der Waals surface area (Å²) < 4.78 is 4.91. The van der Waals surface area contributed by atoms with Crippen LogP contribution >= 0.6 is 11.6 Å². The highest BCUT2D eigenvalue weighted by Gasteiger charge is 2.11. The zero-order valence-corrected chi connectivity index (χ0v) is 8.13. The summed E-state index contributed by atoms with van der Waals surface area (Å²) in [5, 5.41) is 10.0. The molecule has 0 radical (unpaired) electrons. The molecule has 2 rings (SSSR count). The number of hydrogen-bond donors (Lipinski definition) is 1. The van der Waals surface area contributed by atoms with E-state index < -0.39 is 5.63 Å². The second-order valence-electron chi connectivity index (χ2n) is 2.98. The highest BCUT2D eigenvalue weighted by molar-refractivity contribution is 6.32. The van der Waals surface area contributed by atoms with E-state index in [1.807, 2.05) is 0 Å². The van der Waals surface area contributed by atoms with Crippen LogP contribution in [0.3, 0.4) is 0 Å². The normalized spacial score (nSPS) is 10.7. The van der Waals surface area contributed by atoms with Crippen molar-refractivity contribution in [2.45, 2.75) is 6.92 Å². The molecule has 0 bridgehead atoms. The topological polar surface area (TPSA) is 50.4 Å². The summed E-state index contributed by atoms with van der Waals surface area (Å²) in [6.07, 6.45) is 0. The average Bonchev–Trinajstić information content (AvgIpc) is 2.14. The van der Waals surface area contributed by atoms with Gasteiger partial charge in [-0.2, -0.15) is 0 Å². The first-order valence-corrected chi connectivity index (χ1v) is 4.40. The molecule has 0 saturated heterocycles. The number of hydrogen-bond acceptors (Lipinski definition) is 3. The number of phenolic OH excluding ortho intramolecular Hbond substituents is 1. The minimum Gasteiger partial charge on any atom is -0.507 e. The molecular formula is C10H7ClO3. The van der Waals surface area contributed by atoms with Crippen molar-refractivity contribution in [3.8, 4) is 5.75 Å². The summed E-state index contributed by atoms with van der Waals surface area (Å²) in [4.78, 5) is 11.2. The minimum atomic E-state index is -0.581. The van der Waals surface area contributed by atoms with E-state index in [0.29, 0.717) is 16.5 Å². The van der Waals surface area contributed by atoms with E-state index in [-0.39, 0.29) is 10.8 Å². The van der Waals surface area contributed by atoms with E-state index in [0.717, 1.165) is 0 Å². The van der Waals surface area contributed by atoms with Crippen molar-refractivity contribution in [2.75, 3.05) is 0 Å². The Labute approximate surface area is 84.5 Å². The van der Waals surface area contributed by atoms with E-state index in [1.54, 1.807) is 19.1 Å². The summed E-state index contributed by atoms with van der Waals surface area (Å²) in [6, 6.07) is 4.74. The van der Waals surface area contributed by atoms with Crippen LogP contribution in [0.15, 0.2) is 27.4 Å². The van der Waals surface area contributed by atoms with E-state index in [9.17, 15) is 9.90 Å². The van der Waals surface area contributed by atoms with Crippen LogP contribution < -0.4 is 5.63 Å². The maximum atomic E-state index is 11.2. The van der Waals surface area contributed by atoms with Gasteiger partial charge < -0.3 is 9.52 Å². The molecule has 72 valence electrons. The lowest BCUT2D eigenvalue weighted by atomic mass is 10.1. The lowest BCUT2D eigenvalue weighted by Gasteiger charge is -2.03. The van der Waals surface area contributed by atoms with Crippen molar-refractivity contribution >= 4 is 22.6 Å². The molecule has 0 spiro atoms. The largest absolute Gasteiger partial charge is 0.507 e. The number of benzene rings is 1. The average molecular weight is 211 g/mol. The van der Waals surface area contributed by atoms with Crippen molar-refractivity contribution in [3.63, 3.8) is 0 Å². The molecule has 0 aliphatic rings. The zero-order chi connectivity index (χ0) is 10.3. The Bertz CT molecular complexity index is 557. The molecule has 4 heteroatoms. The van der Waals surface area contributed by atoms with Crippen LogP contribution in [0.25, 0.3) is 11.0 Å². The fraction of sp³-hybridized carbons (Fsp3) is 0.100. The van der Waals surface area contributed by atoms with E-state index in [4.69, 9.17) is 16.0 Å². The summed E-state index contributed by atoms with van der Waals surface area (Å²) in [6.45, 7) is 1.67. The summed E-state index contributed by atoms with van der Waals surface area (Å²) >= 11 is 5.71. The van der Waals surface area contributed by atoms with Crippen LogP contribution in [0.1, 0.15) is 5.56 Å². The second kappa shape index (κ2) is 3.03. The minimum absolute atomic E-state index is 0.0130. The van der Waals surface area contributed by atoms with Crippen LogP contribution in [0.5, 0.6) is 5.75 Å². The molecule has 1 heterocycles. The molecule has 14 heavy (non-hydrogen) atoms. The third kappa shape index (κ3) is 1.17. The predicted octanol–water partition coefficient (Wildman–Crippen LogP) is 2.46. The SMILES string of the molecule is Cc1c(Cl)c(=O)oc2cccc(O)c12. The van der Waals surface area contributed by atoms with Crippen molar-refractivity contribution in [2.24, 2.45) is 0 Å². The number of fused-ring (bicyclic) bond motifs is 1. The standard InChI is InChI=1S/C10H7ClO3/c1-5-8-6(12)3-2-4-7(8)14-10(13)9(5)11/h2-4,12H,1H3. The van der Waals surface area contributed by atoms with Crippen LogP contribution in [0.2, 0.25) is 5.02 Å². The number of aromatic hydroxyl groups is 1. The van der Waals surface area contributed by atoms with Crippen molar-refractivity contribution in [3.05, 3.63) is 39.2 Å². The monoisotopic (exact) mass is 210 g/mol. The Kier molecular flexibility index (Phi) is 1.97. The first-order chi connectivity index (χ1) is 6.61. The van der Waals surface area contributed by atoms with Gasteiger partial charge in [0.15, 0.2) is 0 Å². The van der Waals surface area contributed by atoms with Gasteiger partial charge in [0.1, 0.15) is 16.4 Å². The lowest BCUT2D eigenvalue weighted by Crippen LogP contribution is -2.01. The van der Waals surface area contributed by atoms with Crippen LogP contribution in [-0.2, 0) is 0 Å². The zero-order valence-electron chi connectivity index (χ0n) is 7.37. The maximum absolute atomic E-state index is 11.2. The highest BCUT2D eigenvalue weighted by Crippen LogP contribution is 2.29. The van der Waals surface area contributed by atoms with Gasteiger partial charge in [-0.15, -0.1) is 0 Å². The van der Waals surface area contributed by atoms with E-state index in [1.165, 1.54) is 6.07 Å². The molecule has 1 N–H and O–H groups in total. The molecule has 1 aromatic heterocycles. The Morgan fingerprint density at radius 1 is 1.43 bits per heavy atom. The van der Waals surface area contributed by atoms with Crippen LogP contribution in [0.4, 0.5) is 0 Å². The second-order valence-corrected chi connectivity index (χ2v) is 3.36. The van der Waals surface area contributed by atoms with Gasteiger partial charge in [-0.3, -0.25) is 0 Å². The summed E-state index contributed by atoms with van der Waals surface area (Å²) in [5.41, 5.74) is 0.301. The molecule has 3 nitrogen and oxygen atoms in total. The van der Waals surface area contributed by atoms with Gasteiger partial charge in [-0.1, -0.05) is 17.7 Å². The predicted molar refractivity (Wildman–Crippen MR) is 53.9 cm³/mol. The lowest BCUT2D eigenvalue weighted by molar-refractivity contribution is 0.478. The highest BCUT2D eigenvalue weighted by atomic mass is 35.5. The Morgan fingerprint density at radius 2 is 2.14 bits per heavy atom. The third-order valence-corrected chi connectivity index (χ3v) is 2.53. The van der Waals surface area contributed by atoms with Gasteiger partial charge in [0.25, 0.3) is 0 Å². The quantitative estimate of drug-likeness (QED) is 0.680. The Hall–Kier alpha value is -1.48. The fourth-order valence-corrected chi connectivity index (χ4v) is 1.52. The van der Waals surface area contributed by atoms with Crippen molar-refractivity contribution in [1.82, 2.24) is 0 Å². The molecule has 0 fully saturated rings. The molecule has 0 unspecified atom stereocenters. The van der Waals surface area contributed by atoms with Gasteiger partial charge in [0, 0.05) is 0 Å². The first-order valence-electron chi connectivity index (χ1n) is 4.02. The van der Waals surface area contributed by atoms with Gasteiger partial charge >= 0.3 is 5.63 Å². The fourth-order valence-electron chi connectivity index (χ4n) is 1.39. The number of rotatable bonds is 0. The van der Waals surface area contributed by atoms with Crippen molar-refractivity contribution in [1.29, 1.82) is 0 Å². The number of aryl methyl sites for hydroxylation is 1. The summed E-state index contributed by atoms with van der Waals surface area (Å²) in [5.74, 6) is 0.0608. The molecule has 0 amide bonds. The Morgan fingerprint density at radius 3 is 2.86 bits per heavy atom. The molecule has 2 aromatic rings. The molecule has 0 aliphatic carbocycles. The molecule has 1 aromatic carbocycles. The van der Waals surface area contributed by atoms with Gasteiger partial charge in [0.2, 0.25) is 0 Å². The third-order valence-electron chi connectivity index (χ3n) is 2.09. The van der Waals surface area contributed by atoms with Crippen LogP contribution in [-0.4, -0.2) is 5.11 Å². The molecular weight excluding hydrogens is 204 g/mol. The smallest absolute Gasteiger partial charge is 0.355 e. The van der Waals surface area contributed by atoms with Gasteiger partial charge in [0.05, 0.1) is 5.39 Å². The Balaban J connectivity index is 3.07. The number of halogens is 1. The van der Waals surface area contributed by atoms with Gasteiger partial charge in [-0.25, -0.2) is 4.79 Å².